The molecule has 0 atom stereocenters. The number of nitro groups is 1. The molecular weight excluding hydrogens is 432 g/mol. The second-order valence-electron chi connectivity index (χ2n) is 7.21. The van der Waals surface area contributed by atoms with Gasteiger partial charge >= 0.3 is 0 Å². The number of thioether (sulfide) groups is 1. The third kappa shape index (κ3) is 6.30. The molecule has 1 amide bonds. The quantitative estimate of drug-likeness (QED) is 0.269. The summed E-state index contributed by atoms with van der Waals surface area (Å²) in [4.78, 5) is 22.7. The number of benzene rings is 2. The smallest absolute Gasteiger partial charge is 0.277 e. The first-order valence-corrected chi connectivity index (χ1v) is 11.0. The van der Waals surface area contributed by atoms with Crippen LogP contribution in [0.2, 0.25) is 0 Å². The molecule has 0 bridgehead atoms. The predicted octanol–water partition coefficient (Wildman–Crippen LogP) is 4.51. The first-order valence-electron chi connectivity index (χ1n) is 9.99. The molecule has 0 fully saturated rings. The summed E-state index contributed by atoms with van der Waals surface area (Å²) in [6.07, 6.45) is 2.36. The molecule has 3 aromatic rings. The largest absolute Gasteiger partial charge is 0.496 e. The minimum atomic E-state index is -0.477. The van der Waals surface area contributed by atoms with Crippen LogP contribution >= 0.6 is 11.8 Å². The molecule has 168 valence electrons. The number of rotatable bonds is 10. The van der Waals surface area contributed by atoms with Crippen LogP contribution in [0, 0.1) is 24.0 Å². The van der Waals surface area contributed by atoms with Crippen molar-refractivity contribution in [2.45, 2.75) is 38.3 Å². The van der Waals surface area contributed by atoms with Gasteiger partial charge in [-0.3, -0.25) is 14.9 Å². The summed E-state index contributed by atoms with van der Waals surface area (Å²) in [5, 5.41) is 22.0. The number of hydrogen-bond acceptors (Lipinski definition) is 8. The van der Waals surface area contributed by atoms with E-state index in [1.807, 2.05) is 19.1 Å². The molecule has 1 heterocycles. The lowest BCUT2D eigenvalue weighted by Crippen LogP contribution is -2.14. The molecule has 1 N–H and O–H groups in total. The van der Waals surface area contributed by atoms with Gasteiger partial charge in [-0.05, 0) is 49.9 Å². The number of carbonyl (C=O) groups is 1. The van der Waals surface area contributed by atoms with Crippen molar-refractivity contribution >= 4 is 29.0 Å². The van der Waals surface area contributed by atoms with Crippen molar-refractivity contribution in [3.8, 4) is 5.75 Å². The zero-order valence-corrected chi connectivity index (χ0v) is 18.9. The van der Waals surface area contributed by atoms with Gasteiger partial charge in [-0.2, -0.15) is 0 Å². The molecule has 0 saturated heterocycles. The van der Waals surface area contributed by atoms with Crippen LogP contribution in [0.15, 0.2) is 46.0 Å². The topological polar surface area (TPSA) is 120 Å². The number of nitro benzene ring substituents is 1. The third-order valence-corrected chi connectivity index (χ3v) is 5.60. The van der Waals surface area contributed by atoms with E-state index in [0.29, 0.717) is 28.8 Å². The van der Waals surface area contributed by atoms with Crippen LogP contribution in [0.1, 0.15) is 29.0 Å². The minimum Gasteiger partial charge on any atom is -0.496 e. The monoisotopic (exact) mass is 456 g/mol. The Morgan fingerprint density at radius 2 is 1.97 bits per heavy atom. The van der Waals surface area contributed by atoms with Crippen molar-refractivity contribution in [1.82, 2.24) is 10.2 Å². The zero-order chi connectivity index (χ0) is 23.1. The molecule has 0 aliphatic carbocycles. The van der Waals surface area contributed by atoms with Crippen LogP contribution in [0.5, 0.6) is 5.75 Å². The molecule has 0 radical (unpaired) electrons. The number of aromatic nitrogens is 2. The minimum absolute atomic E-state index is 0.0400. The summed E-state index contributed by atoms with van der Waals surface area (Å²) >= 11 is 1.12. The van der Waals surface area contributed by atoms with E-state index in [2.05, 4.69) is 21.6 Å². The van der Waals surface area contributed by atoms with E-state index in [0.717, 1.165) is 35.9 Å². The fraction of sp³-hybridized carbons (Fsp3) is 0.318. The molecule has 0 aliphatic heterocycles. The van der Waals surface area contributed by atoms with Crippen molar-refractivity contribution in [1.29, 1.82) is 0 Å². The third-order valence-electron chi connectivity index (χ3n) is 4.78. The molecule has 0 saturated carbocycles. The van der Waals surface area contributed by atoms with Crippen molar-refractivity contribution < 1.29 is 18.9 Å². The van der Waals surface area contributed by atoms with E-state index in [-0.39, 0.29) is 17.3 Å². The van der Waals surface area contributed by atoms with Gasteiger partial charge in [0.15, 0.2) is 0 Å². The van der Waals surface area contributed by atoms with E-state index in [1.54, 1.807) is 26.2 Å². The number of carbonyl (C=O) groups excluding carboxylic acids is 1. The number of methoxy groups -OCH3 is 1. The Bertz CT molecular complexity index is 1120. The summed E-state index contributed by atoms with van der Waals surface area (Å²) in [6, 6.07) is 10.7. The van der Waals surface area contributed by atoms with Crippen molar-refractivity contribution in [3.63, 3.8) is 0 Å². The van der Waals surface area contributed by atoms with Crippen molar-refractivity contribution in [2.24, 2.45) is 0 Å². The number of anilines is 1. The first kappa shape index (κ1) is 23.3. The molecule has 1 aromatic heterocycles. The summed E-state index contributed by atoms with van der Waals surface area (Å²) in [5.74, 6) is 1.13. The van der Waals surface area contributed by atoms with Gasteiger partial charge in [0.25, 0.3) is 10.9 Å². The van der Waals surface area contributed by atoms with Gasteiger partial charge in [0.1, 0.15) is 5.75 Å². The summed E-state index contributed by atoms with van der Waals surface area (Å²) in [7, 11) is 1.66. The van der Waals surface area contributed by atoms with Crippen molar-refractivity contribution in [3.05, 3.63) is 69.1 Å². The van der Waals surface area contributed by atoms with Gasteiger partial charge in [0.2, 0.25) is 11.8 Å². The lowest BCUT2D eigenvalue weighted by atomic mass is 10.1. The van der Waals surface area contributed by atoms with Crippen LogP contribution in [-0.4, -0.2) is 33.9 Å². The average Bonchev–Trinajstić information content (AvgIpc) is 3.21. The second-order valence-corrected chi connectivity index (χ2v) is 8.14. The standard InChI is InChI=1S/C22H24N4O5S/c1-14-7-9-17(12-18(14)26(28)29)23-20(27)13-32-22-25-24-21(31-22)6-4-5-16-8-10-19(30-3)15(2)11-16/h7-12H,4-6,13H2,1-3H3,(H,23,27). The van der Waals surface area contributed by atoms with Crippen LogP contribution in [0.4, 0.5) is 11.4 Å². The number of hydrogen-bond donors (Lipinski definition) is 1. The highest BCUT2D eigenvalue weighted by molar-refractivity contribution is 7.99. The normalized spacial score (nSPS) is 10.7. The van der Waals surface area contributed by atoms with Gasteiger partial charge in [0.05, 0.1) is 17.8 Å². The van der Waals surface area contributed by atoms with Crippen LogP contribution in [0.3, 0.4) is 0 Å². The molecular formula is C22H24N4O5S. The fourth-order valence-electron chi connectivity index (χ4n) is 3.15. The number of amides is 1. The molecule has 3 rings (SSSR count). The molecule has 0 unspecified atom stereocenters. The molecule has 0 aliphatic rings. The van der Waals surface area contributed by atoms with E-state index in [4.69, 9.17) is 9.15 Å². The first-order chi connectivity index (χ1) is 15.4. The van der Waals surface area contributed by atoms with Crippen molar-refractivity contribution in [2.75, 3.05) is 18.2 Å². The average molecular weight is 457 g/mol. The molecule has 0 spiro atoms. The number of aryl methyl sites for hydroxylation is 4. The van der Waals surface area contributed by atoms with Gasteiger partial charge < -0.3 is 14.5 Å². The Balaban J connectivity index is 1.45. The van der Waals surface area contributed by atoms with E-state index in [9.17, 15) is 14.9 Å². The highest BCUT2D eigenvalue weighted by atomic mass is 32.2. The Morgan fingerprint density at radius 1 is 1.16 bits per heavy atom. The van der Waals surface area contributed by atoms with Gasteiger partial charge in [-0.25, -0.2) is 0 Å². The van der Waals surface area contributed by atoms with Crippen LogP contribution in [-0.2, 0) is 17.6 Å². The molecule has 10 heteroatoms. The Labute approximate surface area is 189 Å². The maximum Gasteiger partial charge on any atom is 0.277 e. The zero-order valence-electron chi connectivity index (χ0n) is 18.1. The highest BCUT2D eigenvalue weighted by Gasteiger charge is 2.14. The van der Waals surface area contributed by atoms with Gasteiger partial charge in [0, 0.05) is 23.7 Å². The Kier molecular flexibility index (Phi) is 7.82. The molecule has 32 heavy (non-hydrogen) atoms. The lowest BCUT2D eigenvalue weighted by Gasteiger charge is -2.06. The lowest BCUT2D eigenvalue weighted by molar-refractivity contribution is -0.385. The predicted molar refractivity (Wildman–Crippen MR) is 121 cm³/mol. The Morgan fingerprint density at radius 3 is 2.69 bits per heavy atom. The maximum absolute atomic E-state index is 12.2. The second kappa shape index (κ2) is 10.8. The molecule has 2 aromatic carbocycles. The number of ether oxygens (including phenoxy) is 1. The SMILES string of the molecule is COc1ccc(CCCc2nnc(SCC(=O)Nc3ccc(C)c([N+](=O)[O-])c3)o2)cc1C. The van der Waals surface area contributed by atoms with E-state index >= 15 is 0 Å². The maximum atomic E-state index is 12.2. The molecule has 9 nitrogen and oxygen atoms in total. The van der Waals surface area contributed by atoms with Gasteiger partial charge in [-0.1, -0.05) is 30.0 Å². The van der Waals surface area contributed by atoms with Crippen LogP contribution < -0.4 is 10.1 Å². The number of nitrogens with zero attached hydrogens (tertiary/aromatic N) is 3. The summed E-state index contributed by atoms with van der Waals surface area (Å²) in [6.45, 7) is 3.66. The van der Waals surface area contributed by atoms with Crippen LogP contribution in [0.25, 0.3) is 0 Å². The van der Waals surface area contributed by atoms with E-state index < -0.39 is 4.92 Å². The Hall–Kier alpha value is -3.40. The number of nitrogens with one attached hydrogen (secondary N) is 1. The fourth-order valence-corrected chi connectivity index (χ4v) is 3.73. The summed E-state index contributed by atoms with van der Waals surface area (Å²) in [5.41, 5.74) is 3.17. The highest BCUT2D eigenvalue weighted by Crippen LogP contribution is 2.23. The summed E-state index contributed by atoms with van der Waals surface area (Å²) < 4.78 is 10.9. The van der Waals surface area contributed by atoms with Gasteiger partial charge in [-0.15, -0.1) is 10.2 Å². The van der Waals surface area contributed by atoms with E-state index in [1.165, 1.54) is 11.6 Å².